The zero-order valence-electron chi connectivity index (χ0n) is 12.4. The lowest BCUT2D eigenvalue weighted by Gasteiger charge is -2.27. The van der Waals surface area contributed by atoms with Gasteiger partial charge in [0.2, 0.25) is 5.91 Å². The monoisotopic (exact) mass is 282 g/mol. The van der Waals surface area contributed by atoms with Crippen LogP contribution in [0, 0.1) is 0 Å². The van der Waals surface area contributed by atoms with E-state index < -0.39 is 5.54 Å². The molecule has 21 heavy (non-hydrogen) atoms. The Bertz CT molecular complexity index is 523. The summed E-state index contributed by atoms with van der Waals surface area (Å²) in [4.78, 5) is 11.8. The Morgan fingerprint density at radius 1 is 1.00 bits per heavy atom. The summed E-state index contributed by atoms with van der Waals surface area (Å²) >= 11 is 0. The van der Waals surface area contributed by atoms with Crippen molar-refractivity contribution in [3.05, 3.63) is 71.8 Å². The third-order valence-corrected chi connectivity index (χ3v) is 3.83. The van der Waals surface area contributed by atoms with Crippen LogP contribution in [0.15, 0.2) is 60.7 Å². The molecule has 0 aromatic heterocycles. The third-order valence-electron chi connectivity index (χ3n) is 3.83. The molecule has 3 N–H and O–H groups in total. The molecule has 0 bridgehead atoms. The SMILES string of the molecule is CC(CCc1ccccc1)(NCc1ccccc1)C(N)=O. The standard InChI is InChI=1S/C18H22N2O/c1-18(17(19)21,13-12-15-8-4-2-5-9-15)20-14-16-10-6-3-7-11-16/h2-11,20H,12-14H2,1H3,(H2,19,21). The van der Waals surface area contributed by atoms with Crippen molar-refractivity contribution in [2.45, 2.75) is 31.8 Å². The van der Waals surface area contributed by atoms with Crippen molar-refractivity contribution in [1.82, 2.24) is 5.32 Å². The number of primary amides is 1. The largest absolute Gasteiger partial charge is 0.368 e. The van der Waals surface area contributed by atoms with Crippen LogP contribution in [0.25, 0.3) is 0 Å². The second kappa shape index (κ2) is 7.04. The lowest BCUT2D eigenvalue weighted by Crippen LogP contribution is -2.53. The minimum absolute atomic E-state index is 0.311. The Morgan fingerprint density at radius 2 is 1.52 bits per heavy atom. The summed E-state index contributed by atoms with van der Waals surface area (Å²) in [5.41, 5.74) is 7.25. The molecule has 3 nitrogen and oxygen atoms in total. The Morgan fingerprint density at radius 3 is 2.05 bits per heavy atom. The van der Waals surface area contributed by atoms with E-state index >= 15 is 0 Å². The number of benzene rings is 2. The molecule has 0 heterocycles. The first kappa shape index (κ1) is 15.3. The molecular formula is C18H22N2O. The summed E-state index contributed by atoms with van der Waals surface area (Å²) < 4.78 is 0. The molecule has 0 saturated heterocycles. The van der Waals surface area contributed by atoms with Crippen LogP contribution < -0.4 is 11.1 Å². The number of carbonyl (C=O) groups is 1. The van der Waals surface area contributed by atoms with Crippen LogP contribution in [0.2, 0.25) is 0 Å². The molecule has 110 valence electrons. The van der Waals surface area contributed by atoms with Gasteiger partial charge in [-0.1, -0.05) is 60.7 Å². The molecule has 1 atom stereocenters. The summed E-state index contributed by atoms with van der Waals surface area (Å²) in [7, 11) is 0. The Labute approximate surface area is 126 Å². The van der Waals surface area contributed by atoms with Gasteiger partial charge in [-0.2, -0.15) is 0 Å². The lowest BCUT2D eigenvalue weighted by atomic mass is 9.92. The predicted octanol–water partition coefficient (Wildman–Crippen LogP) is 2.65. The Kier molecular flexibility index (Phi) is 5.12. The van der Waals surface area contributed by atoms with E-state index in [9.17, 15) is 4.79 Å². The molecule has 2 aromatic rings. The maximum atomic E-state index is 11.8. The zero-order valence-corrected chi connectivity index (χ0v) is 12.4. The molecular weight excluding hydrogens is 260 g/mol. The van der Waals surface area contributed by atoms with Crippen LogP contribution in [0.4, 0.5) is 0 Å². The van der Waals surface area contributed by atoms with E-state index in [1.165, 1.54) is 5.56 Å². The van der Waals surface area contributed by atoms with E-state index in [0.717, 1.165) is 12.0 Å². The highest BCUT2D eigenvalue weighted by molar-refractivity contribution is 5.84. The molecule has 1 unspecified atom stereocenters. The van der Waals surface area contributed by atoms with Crippen molar-refractivity contribution in [2.24, 2.45) is 5.73 Å². The average molecular weight is 282 g/mol. The summed E-state index contributed by atoms with van der Waals surface area (Å²) in [6.07, 6.45) is 1.50. The topological polar surface area (TPSA) is 55.1 Å². The van der Waals surface area contributed by atoms with Gasteiger partial charge in [0.15, 0.2) is 0 Å². The maximum Gasteiger partial charge on any atom is 0.237 e. The van der Waals surface area contributed by atoms with Gasteiger partial charge in [0.1, 0.15) is 0 Å². The highest BCUT2D eigenvalue weighted by atomic mass is 16.1. The molecule has 0 spiro atoms. The first-order valence-electron chi connectivity index (χ1n) is 7.23. The minimum Gasteiger partial charge on any atom is -0.368 e. The van der Waals surface area contributed by atoms with Crippen LogP contribution in [-0.2, 0) is 17.8 Å². The number of rotatable bonds is 7. The number of hydrogen-bond acceptors (Lipinski definition) is 2. The van der Waals surface area contributed by atoms with Gasteiger partial charge in [-0.05, 0) is 30.9 Å². The number of carbonyl (C=O) groups excluding carboxylic acids is 1. The number of hydrogen-bond donors (Lipinski definition) is 2. The molecule has 0 saturated carbocycles. The van der Waals surface area contributed by atoms with Crippen molar-refractivity contribution in [2.75, 3.05) is 0 Å². The molecule has 2 aromatic carbocycles. The quantitative estimate of drug-likeness (QED) is 0.820. The zero-order chi connectivity index (χ0) is 15.1. The highest BCUT2D eigenvalue weighted by Crippen LogP contribution is 2.15. The fraction of sp³-hybridized carbons (Fsp3) is 0.278. The van der Waals surface area contributed by atoms with Gasteiger partial charge in [-0.25, -0.2) is 0 Å². The number of aryl methyl sites for hydroxylation is 1. The minimum atomic E-state index is -0.703. The molecule has 0 fully saturated rings. The van der Waals surface area contributed by atoms with E-state index in [1.54, 1.807) is 0 Å². The van der Waals surface area contributed by atoms with Crippen LogP contribution in [0.3, 0.4) is 0 Å². The average Bonchev–Trinajstić information content (AvgIpc) is 2.53. The van der Waals surface area contributed by atoms with Crippen molar-refractivity contribution in [3.8, 4) is 0 Å². The van der Waals surface area contributed by atoms with Crippen molar-refractivity contribution >= 4 is 5.91 Å². The fourth-order valence-electron chi connectivity index (χ4n) is 2.23. The van der Waals surface area contributed by atoms with E-state index in [1.807, 2.05) is 55.5 Å². The summed E-state index contributed by atoms with van der Waals surface area (Å²) in [6, 6.07) is 20.2. The van der Waals surface area contributed by atoms with Gasteiger partial charge in [-0.3, -0.25) is 10.1 Å². The summed E-state index contributed by atoms with van der Waals surface area (Å²) in [5, 5.41) is 3.31. The maximum absolute atomic E-state index is 11.8. The third kappa shape index (κ3) is 4.43. The molecule has 0 radical (unpaired) electrons. The fourth-order valence-corrected chi connectivity index (χ4v) is 2.23. The smallest absolute Gasteiger partial charge is 0.237 e. The van der Waals surface area contributed by atoms with Crippen LogP contribution in [0.5, 0.6) is 0 Å². The first-order chi connectivity index (χ1) is 10.1. The molecule has 2 rings (SSSR count). The van der Waals surface area contributed by atoms with Gasteiger partial charge in [-0.15, -0.1) is 0 Å². The normalized spacial score (nSPS) is 13.6. The molecule has 3 heteroatoms. The van der Waals surface area contributed by atoms with Gasteiger partial charge >= 0.3 is 0 Å². The van der Waals surface area contributed by atoms with Crippen LogP contribution >= 0.6 is 0 Å². The summed E-state index contributed by atoms with van der Waals surface area (Å²) in [6.45, 7) is 2.51. The van der Waals surface area contributed by atoms with Gasteiger partial charge < -0.3 is 5.73 Å². The van der Waals surface area contributed by atoms with Crippen LogP contribution in [-0.4, -0.2) is 11.4 Å². The van der Waals surface area contributed by atoms with E-state index in [0.29, 0.717) is 13.0 Å². The van der Waals surface area contributed by atoms with Gasteiger partial charge in [0.25, 0.3) is 0 Å². The van der Waals surface area contributed by atoms with Crippen molar-refractivity contribution in [3.63, 3.8) is 0 Å². The second-order valence-corrected chi connectivity index (χ2v) is 5.52. The summed E-state index contributed by atoms with van der Waals surface area (Å²) in [5.74, 6) is -0.311. The number of nitrogens with two attached hydrogens (primary N) is 1. The number of nitrogens with one attached hydrogen (secondary N) is 1. The molecule has 1 amide bonds. The van der Waals surface area contributed by atoms with Gasteiger partial charge in [0, 0.05) is 6.54 Å². The molecule has 0 aliphatic rings. The highest BCUT2D eigenvalue weighted by Gasteiger charge is 2.29. The van der Waals surface area contributed by atoms with E-state index in [2.05, 4.69) is 17.4 Å². The molecule has 0 aliphatic carbocycles. The first-order valence-corrected chi connectivity index (χ1v) is 7.23. The van der Waals surface area contributed by atoms with Crippen LogP contribution in [0.1, 0.15) is 24.5 Å². The van der Waals surface area contributed by atoms with E-state index in [-0.39, 0.29) is 5.91 Å². The number of amides is 1. The predicted molar refractivity (Wildman–Crippen MR) is 85.6 cm³/mol. The Hall–Kier alpha value is -2.13. The van der Waals surface area contributed by atoms with Gasteiger partial charge in [0.05, 0.1) is 5.54 Å². The van der Waals surface area contributed by atoms with E-state index in [4.69, 9.17) is 5.73 Å². The van der Waals surface area contributed by atoms with Crippen molar-refractivity contribution < 1.29 is 4.79 Å². The lowest BCUT2D eigenvalue weighted by molar-refractivity contribution is -0.124. The Balaban J connectivity index is 1.97. The van der Waals surface area contributed by atoms with Crippen molar-refractivity contribution in [1.29, 1.82) is 0 Å². The molecule has 0 aliphatic heterocycles. The second-order valence-electron chi connectivity index (χ2n) is 5.52.